The summed E-state index contributed by atoms with van der Waals surface area (Å²) in [6.07, 6.45) is 0. The van der Waals surface area contributed by atoms with Crippen molar-refractivity contribution in [1.29, 1.82) is 0 Å². The molecule has 1 heterocycles. The van der Waals surface area contributed by atoms with Crippen LogP contribution in [0.25, 0.3) is 0 Å². The zero-order valence-corrected chi connectivity index (χ0v) is 12.3. The van der Waals surface area contributed by atoms with E-state index in [0.717, 1.165) is 14.3 Å². The second-order valence-electron chi connectivity index (χ2n) is 3.30. The van der Waals surface area contributed by atoms with Crippen molar-refractivity contribution in [2.45, 2.75) is 0 Å². The van der Waals surface area contributed by atoms with Gasteiger partial charge in [-0.1, -0.05) is 0 Å². The van der Waals surface area contributed by atoms with Crippen LogP contribution < -0.4 is 5.73 Å². The van der Waals surface area contributed by atoms with Crippen molar-refractivity contribution in [3.63, 3.8) is 0 Å². The molecule has 2 N–H and O–H groups in total. The second kappa shape index (κ2) is 4.88. The van der Waals surface area contributed by atoms with Gasteiger partial charge >= 0.3 is 0 Å². The first-order valence-corrected chi connectivity index (χ1v) is 6.94. The third-order valence-corrected chi connectivity index (χ3v) is 5.39. The molecule has 0 fully saturated rings. The van der Waals surface area contributed by atoms with Gasteiger partial charge in [0.25, 0.3) is 0 Å². The third kappa shape index (κ3) is 2.59. The Morgan fingerprint density at radius 2 is 2.00 bits per heavy atom. The van der Waals surface area contributed by atoms with Gasteiger partial charge in [-0.25, -0.2) is 4.39 Å². The first-order valence-electron chi connectivity index (χ1n) is 4.53. The van der Waals surface area contributed by atoms with Crippen molar-refractivity contribution in [2.75, 3.05) is 5.73 Å². The van der Waals surface area contributed by atoms with Crippen LogP contribution in [0.1, 0.15) is 15.2 Å². The van der Waals surface area contributed by atoms with E-state index in [2.05, 4.69) is 31.9 Å². The second-order valence-corrected chi connectivity index (χ2v) is 6.52. The zero-order chi connectivity index (χ0) is 12.6. The molecule has 17 heavy (non-hydrogen) atoms. The Hall–Kier alpha value is -0.720. The van der Waals surface area contributed by atoms with Crippen molar-refractivity contribution < 1.29 is 9.18 Å². The SMILES string of the molecule is Nc1ccc(C(=O)c2cc(Br)c(Br)s2)cc1F. The highest BCUT2D eigenvalue weighted by molar-refractivity contribution is 9.13. The standard InChI is InChI=1S/C11H6Br2FNOS/c12-6-4-9(17-11(6)13)10(16)5-1-2-8(15)7(14)3-5/h1-4H,15H2. The number of thiophene rings is 1. The first-order chi connectivity index (χ1) is 7.99. The van der Waals surface area contributed by atoms with Crippen LogP contribution in [-0.2, 0) is 0 Å². The summed E-state index contributed by atoms with van der Waals surface area (Å²) < 4.78 is 14.9. The number of nitrogens with two attached hydrogens (primary N) is 1. The summed E-state index contributed by atoms with van der Waals surface area (Å²) >= 11 is 7.90. The number of rotatable bonds is 2. The molecule has 0 unspecified atom stereocenters. The molecule has 0 atom stereocenters. The number of hydrogen-bond acceptors (Lipinski definition) is 3. The Kier molecular flexibility index (Phi) is 3.65. The summed E-state index contributed by atoms with van der Waals surface area (Å²) in [5.74, 6) is -0.800. The van der Waals surface area contributed by atoms with Crippen LogP contribution in [0.15, 0.2) is 32.5 Å². The van der Waals surface area contributed by atoms with Gasteiger partial charge in [0.1, 0.15) is 5.82 Å². The molecule has 0 spiro atoms. The van der Waals surface area contributed by atoms with Crippen molar-refractivity contribution in [3.05, 3.63) is 48.8 Å². The molecule has 6 heteroatoms. The third-order valence-electron chi connectivity index (χ3n) is 2.13. The Balaban J connectivity index is 2.40. The lowest BCUT2D eigenvalue weighted by molar-refractivity contribution is 0.104. The minimum Gasteiger partial charge on any atom is -0.396 e. The van der Waals surface area contributed by atoms with E-state index in [1.807, 2.05) is 0 Å². The monoisotopic (exact) mass is 377 g/mol. The summed E-state index contributed by atoms with van der Waals surface area (Å²) in [6.45, 7) is 0. The van der Waals surface area contributed by atoms with E-state index in [1.54, 1.807) is 6.07 Å². The molecule has 1 aromatic carbocycles. The van der Waals surface area contributed by atoms with Gasteiger partial charge in [0.15, 0.2) is 0 Å². The van der Waals surface area contributed by atoms with Crippen molar-refractivity contribution in [3.8, 4) is 0 Å². The molecule has 0 aliphatic rings. The highest BCUT2D eigenvalue weighted by Gasteiger charge is 2.15. The summed E-state index contributed by atoms with van der Waals surface area (Å²) in [4.78, 5) is 12.6. The van der Waals surface area contributed by atoms with Gasteiger partial charge in [0, 0.05) is 10.0 Å². The minimum absolute atomic E-state index is 0.0371. The molecule has 2 aromatic rings. The van der Waals surface area contributed by atoms with Crippen LogP contribution >= 0.6 is 43.2 Å². The van der Waals surface area contributed by atoms with Gasteiger partial charge in [-0.3, -0.25) is 4.79 Å². The lowest BCUT2D eigenvalue weighted by Gasteiger charge is -2.00. The summed E-state index contributed by atoms with van der Waals surface area (Å²) in [6, 6.07) is 5.76. The molecular weight excluding hydrogens is 373 g/mol. The zero-order valence-electron chi connectivity index (χ0n) is 8.34. The number of halogens is 3. The summed E-state index contributed by atoms with van der Waals surface area (Å²) in [5.41, 5.74) is 5.68. The summed E-state index contributed by atoms with van der Waals surface area (Å²) in [7, 11) is 0. The Morgan fingerprint density at radius 3 is 2.53 bits per heavy atom. The first kappa shape index (κ1) is 12.7. The molecule has 88 valence electrons. The molecular formula is C11H6Br2FNOS. The number of hydrogen-bond donors (Lipinski definition) is 1. The van der Waals surface area contributed by atoms with Crippen LogP contribution in [-0.4, -0.2) is 5.78 Å². The average Bonchev–Trinajstić information content (AvgIpc) is 2.62. The maximum Gasteiger partial charge on any atom is 0.203 e. The predicted octanol–water partition coefficient (Wildman–Crippen LogP) is 4.23. The Labute approximate surface area is 118 Å². The number of nitrogen functional groups attached to an aromatic ring is 1. The molecule has 2 rings (SSSR count). The number of benzene rings is 1. The summed E-state index contributed by atoms with van der Waals surface area (Å²) in [5, 5.41) is 0. The molecule has 0 saturated heterocycles. The lowest BCUT2D eigenvalue weighted by atomic mass is 10.1. The fourth-order valence-electron chi connectivity index (χ4n) is 1.27. The van der Waals surface area contributed by atoms with Crippen molar-refractivity contribution >= 4 is 54.7 Å². The molecule has 0 saturated carbocycles. The van der Waals surface area contributed by atoms with E-state index < -0.39 is 5.82 Å². The molecule has 1 aromatic heterocycles. The molecule has 0 amide bonds. The van der Waals surface area contributed by atoms with Crippen LogP contribution in [0.4, 0.5) is 10.1 Å². The normalized spacial score (nSPS) is 10.5. The maximum absolute atomic E-state index is 13.2. The van der Waals surface area contributed by atoms with E-state index in [9.17, 15) is 9.18 Å². The van der Waals surface area contributed by atoms with Crippen LogP contribution in [0.2, 0.25) is 0 Å². The van der Waals surface area contributed by atoms with Gasteiger partial charge in [0.05, 0.1) is 14.4 Å². The number of ketones is 1. The smallest absolute Gasteiger partial charge is 0.203 e. The Morgan fingerprint density at radius 1 is 1.29 bits per heavy atom. The average molecular weight is 379 g/mol. The van der Waals surface area contributed by atoms with Crippen molar-refractivity contribution in [2.24, 2.45) is 0 Å². The molecule has 0 aliphatic carbocycles. The van der Waals surface area contributed by atoms with Gasteiger partial charge < -0.3 is 5.73 Å². The van der Waals surface area contributed by atoms with Crippen molar-refractivity contribution in [1.82, 2.24) is 0 Å². The van der Waals surface area contributed by atoms with Gasteiger partial charge in [-0.15, -0.1) is 11.3 Å². The van der Waals surface area contributed by atoms with Gasteiger partial charge in [-0.05, 0) is 56.1 Å². The molecule has 2 nitrogen and oxygen atoms in total. The van der Waals surface area contributed by atoms with E-state index in [1.165, 1.54) is 23.5 Å². The molecule has 0 aliphatic heterocycles. The highest BCUT2D eigenvalue weighted by atomic mass is 79.9. The number of carbonyl (C=O) groups is 1. The van der Waals surface area contributed by atoms with Crippen LogP contribution in [0.3, 0.4) is 0 Å². The largest absolute Gasteiger partial charge is 0.396 e. The fourth-order valence-corrected chi connectivity index (χ4v) is 3.27. The Bertz CT molecular complexity index is 578. The van der Waals surface area contributed by atoms with Crippen LogP contribution in [0.5, 0.6) is 0 Å². The number of carbonyl (C=O) groups excluding carboxylic acids is 1. The van der Waals surface area contributed by atoms with E-state index in [4.69, 9.17) is 5.73 Å². The van der Waals surface area contributed by atoms with Crippen LogP contribution in [0, 0.1) is 5.82 Å². The van der Waals surface area contributed by atoms with Gasteiger partial charge in [-0.2, -0.15) is 0 Å². The van der Waals surface area contributed by atoms with Gasteiger partial charge in [0.2, 0.25) is 5.78 Å². The topological polar surface area (TPSA) is 43.1 Å². The number of anilines is 1. The minimum atomic E-state index is -0.578. The maximum atomic E-state index is 13.2. The lowest BCUT2D eigenvalue weighted by Crippen LogP contribution is -2.00. The quantitative estimate of drug-likeness (QED) is 0.627. The fraction of sp³-hybridized carbons (Fsp3) is 0. The van der Waals surface area contributed by atoms with E-state index >= 15 is 0 Å². The van der Waals surface area contributed by atoms with E-state index in [0.29, 0.717) is 4.88 Å². The highest BCUT2D eigenvalue weighted by Crippen LogP contribution is 2.33. The molecule has 0 radical (unpaired) electrons. The molecule has 0 bridgehead atoms. The predicted molar refractivity (Wildman–Crippen MR) is 74.0 cm³/mol. The van der Waals surface area contributed by atoms with E-state index in [-0.39, 0.29) is 17.0 Å².